The molecule has 0 bridgehead atoms. The number of carbonyl (C=O) groups is 1. The smallest absolute Gasteiger partial charge is 0.140 e. The number of Topliss-reactive ketones (excluding diaryl/α,β-unsaturated/α-hetero) is 1. The molecule has 0 aliphatic heterocycles. The molecule has 1 heteroatoms. The van der Waals surface area contributed by atoms with Gasteiger partial charge in [-0.05, 0) is 53.9 Å². The molecule has 0 radical (unpaired) electrons. The van der Waals surface area contributed by atoms with Crippen LogP contribution in [0, 0.1) is 5.92 Å². The Balaban J connectivity index is 1.55. The van der Waals surface area contributed by atoms with E-state index in [0.29, 0.717) is 11.7 Å². The van der Waals surface area contributed by atoms with E-state index in [2.05, 4.69) is 62.4 Å². The second-order valence-electron chi connectivity index (χ2n) is 8.94. The van der Waals surface area contributed by atoms with Crippen molar-refractivity contribution in [3.63, 3.8) is 0 Å². The maximum absolute atomic E-state index is 12.6. The second kappa shape index (κ2) is 11.3. The van der Waals surface area contributed by atoms with Gasteiger partial charge in [0.25, 0.3) is 0 Å². The molecule has 0 unspecified atom stereocenters. The Bertz CT molecular complexity index is 741. The molecule has 0 aromatic heterocycles. The normalized spacial score (nSPS) is 19.4. The van der Waals surface area contributed by atoms with E-state index in [4.69, 9.17) is 0 Å². The first-order chi connectivity index (χ1) is 14.2. The molecule has 156 valence electrons. The van der Waals surface area contributed by atoms with Crippen molar-refractivity contribution in [3.8, 4) is 11.1 Å². The maximum atomic E-state index is 12.6. The van der Waals surface area contributed by atoms with Crippen molar-refractivity contribution in [3.05, 3.63) is 59.7 Å². The van der Waals surface area contributed by atoms with E-state index in [-0.39, 0.29) is 5.92 Å². The van der Waals surface area contributed by atoms with Gasteiger partial charge in [-0.25, -0.2) is 0 Å². The number of aryl methyl sites for hydroxylation is 1. The number of ketones is 1. The van der Waals surface area contributed by atoms with Gasteiger partial charge in [0.2, 0.25) is 0 Å². The third-order valence-electron chi connectivity index (χ3n) is 6.61. The molecule has 0 saturated heterocycles. The van der Waals surface area contributed by atoms with Gasteiger partial charge in [0.05, 0.1) is 0 Å². The highest BCUT2D eigenvalue weighted by Crippen LogP contribution is 2.35. The number of benzene rings is 2. The first-order valence-corrected chi connectivity index (χ1v) is 11.9. The van der Waals surface area contributed by atoms with Crippen LogP contribution in [-0.4, -0.2) is 5.78 Å². The minimum absolute atomic E-state index is 0.118. The van der Waals surface area contributed by atoms with Crippen molar-refractivity contribution in [1.29, 1.82) is 0 Å². The summed E-state index contributed by atoms with van der Waals surface area (Å²) in [7, 11) is 0. The SMILES string of the molecule is CCCCCCCc1ccc(-c2ccc([C@H]3CC[C@H](CCC)CC3=O)cc2)cc1. The molecule has 0 spiro atoms. The third-order valence-corrected chi connectivity index (χ3v) is 6.61. The minimum atomic E-state index is 0.118. The topological polar surface area (TPSA) is 17.1 Å². The van der Waals surface area contributed by atoms with Gasteiger partial charge in [0.1, 0.15) is 5.78 Å². The van der Waals surface area contributed by atoms with Crippen LogP contribution in [0.5, 0.6) is 0 Å². The molecule has 29 heavy (non-hydrogen) atoms. The predicted octanol–water partition coefficient (Wildman–Crippen LogP) is 8.12. The quantitative estimate of drug-likeness (QED) is 0.374. The lowest BCUT2D eigenvalue weighted by Crippen LogP contribution is -2.23. The molecule has 0 amide bonds. The molecule has 1 saturated carbocycles. The molecule has 1 aliphatic carbocycles. The van der Waals surface area contributed by atoms with Gasteiger partial charge in [-0.15, -0.1) is 0 Å². The zero-order valence-electron chi connectivity index (χ0n) is 18.5. The standard InChI is InChI=1S/C28H38O/c1-3-5-6-7-8-10-22-11-14-24(15-12-22)25-16-18-26(19-17-25)27-20-13-23(9-4-2)21-28(27)29/h11-12,14-19,23,27H,3-10,13,20-21H2,1-2H3/t23-,27+/m0/s1. The number of carbonyl (C=O) groups excluding carboxylic acids is 1. The van der Waals surface area contributed by atoms with Crippen LogP contribution in [0.25, 0.3) is 11.1 Å². The Morgan fingerprint density at radius 1 is 0.759 bits per heavy atom. The van der Waals surface area contributed by atoms with Crippen LogP contribution in [0.1, 0.15) is 95.1 Å². The average Bonchev–Trinajstić information content (AvgIpc) is 2.75. The summed E-state index contributed by atoms with van der Waals surface area (Å²) in [5.41, 5.74) is 5.16. The first-order valence-electron chi connectivity index (χ1n) is 11.9. The van der Waals surface area contributed by atoms with Crippen molar-refractivity contribution in [2.75, 3.05) is 0 Å². The molecule has 2 atom stereocenters. The van der Waals surface area contributed by atoms with E-state index >= 15 is 0 Å². The van der Waals surface area contributed by atoms with Gasteiger partial charge in [-0.2, -0.15) is 0 Å². The fourth-order valence-corrected chi connectivity index (χ4v) is 4.80. The summed E-state index contributed by atoms with van der Waals surface area (Å²) in [6.45, 7) is 4.48. The van der Waals surface area contributed by atoms with Gasteiger partial charge in [0, 0.05) is 12.3 Å². The van der Waals surface area contributed by atoms with Crippen LogP contribution in [0.15, 0.2) is 48.5 Å². The van der Waals surface area contributed by atoms with E-state index in [9.17, 15) is 4.79 Å². The number of unbranched alkanes of at least 4 members (excludes halogenated alkanes) is 4. The molecule has 3 rings (SSSR count). The Labute approximate surface area is 177 Å². The van der Waals surface area contributed by atoms with Gasteiger partial charge >= 0.3 is 0 Å². The number of hydrogen-bond donors (Lipinski definition) is 0. The van der Waals surface area contributed by atoms with Crippen LogP contribution < -0.4 is 0 Å². The van der Waals surface area contributed by atoms with Crippen molar-refractivity contribution in [2.45, 2.75) is 90.4 Å². The summed E-state index contributed by atoms with van der Waals surface area (Å²) in [5, 5.41) is 0. The lowest BCUT2D eigenvalue weighted by Gasteiger charge is -2.27. The highest BCUT2D eigenvalue weighted by Gasteiger charge is 2.29. The molecular weight excluding hydrogens is 352 g/mol. The number of hydrogen-bond acceptors (Lipinski definition) is 1. The van der Waals surface area contributed by atoms with E-state index in [0.717, 1.165) is 12.8 Å². The average molecular weight is 391 g/mol. The summed E-state index contributed by atoms with van der Waals surface area (Å²) in [6.07, 6.45) is 13.2. The molecule has 0 heterocycles. The monoisotopic (exact) mass is 390 g/mol. The van der Waals surface area contributed by atoms with Crippen LogP contribution in [0.4, 0.5) is 0 Å². The van der Waals surface area contributed by atoms with Crippen molar-refractivity contribution in [1.82, 2.24) is 0 Å². The van der Waals surface area contributed by atoms with Gasteiger partial charge in [0.15, 0.2) is 0 Å². The second-order valence-corrected chi connectivity index (χ2v) is 8.94. The first kappa shape index (κ1) is 21.8. The molecule has 2 aromatic rings. The summed E-state index contributed by atoms with van der Waals surface area (Å²) < 4.78 is 0. The van der Waals surface area contributed by atoms with Crippen molar-refractivity contribution in [2.24, 2.45) is 5.92 Å². The summed E-state index contributed by atoms with van der Waals surface area (Å²) in [6, 6.07) is 17.8. The summed E-state index contributed by atoms with van der Waals surface area (Å²) >= 11 is 0. The molecule has 1 aliphatic rings. The maximum Gasteiger partial charge on any atom is 0.140 e. The molecule has 2 aromatic carbocycles. The van der Waals surface area contributed by atoms with E-state index in [1.54, 1.807) is 0 Å². The Kier molecular flexibility index (Phi) is 8.52. The molecule has 1 nitrogen and oxygen atoms in total. The fourth-order valence-electron chi connectivity index (χ4n) is 4.80. The predicted molar refractivity (Wildman–Crippen MR) is 124 cm³/mol. The number of rotatable bonds is 10. The fraction of sp³-hybridized carbons (Fsp3) is 0.536. The lowest BCUT2D eigenvalue weighted by atomic mass is 9.76. The highest BCUT2D eigenvalue weighted by atomic mass is 16.1. The van der Waals surface area contributed by atoms with Crippen LogP contribution >= 0.6 is 0 Å². The van der Waals surface area contributed by atoms with Gasteiger partial charge in [-0.1, -0.05) is 101 Å². The molecule has 1 fully saturated rings. The Morgan fingerprint density at radius 2 is 1.41 bits per heavy atom. The van der Waals surface area contributed by atoms with Gasteiger partial charge in [-0.3, -0.25) is 4.79 Å². The van der Waals surface area contributed by atoms with Crippen molar-refractivity contribution < 1.29 is 4.79 Å². The zero-order chi connectivity index (χ0) is 20.5. The zero-order valence-corrected chi connectivity index (χ0v) is 18.5. The highest BCUT2D eigenvalue weighted by molar-refractivity contribution is 5.86. The van der Waals surface area contributed by atoms with E-state index in [1.165, 1.54) is 80.0 Å². The third kappa shape index (κ3) is 6.29. The van der Waals surface area contributed by atoms with Crippen LogP contribution in [0.3, 0.4) is 0 Å². The van der Waals surface area contributed by atoms with Crippen molar-refractivity contribution >= 4 is 5.78 Å². The summed E-state index contributed by atoms with van der Waals surface area (Å²) in [5.74, 6) is 1.19. The van der Waals surface area contributed by atoms with Gasteiger partial charge < -0.3 is 0 Å². The van der Waals surface area contributed by atoms with Crippen LogP contribution in [-0.2, 0) is 11.2 Å². The lowest BCUT2D eigenvalue weighted by molar-refractivity contribution is -0.123. The van der Waals surface area contributed by atoms with E-state index in [1.807, 2.05) is 0 Å². The van der Waals surface area contributed by atoms with Crippen LogP contribution in [0.2, 0.25) is 0 Å². The minimum Gasteiger partial charge on any atom is -0.299 e. The molecule has 0 N–H and O–H groups in total. The van der Waals surface area contributed by atoms with E-state index < -0.39 is 0 Å². The Morgan fingerprint density at radius 3 is 2.03 bits per heavy atom. The largest absolute Gasteiger partial charge is 0.299 e. The molecular formula is C28H38O. The summed E-state index contributed by atoms with van der Waals surface area (Å²) in [4.78, 5) is 12.6. The Hall–Kier alpha value is -1.89.